The van der Waals surface area contributed by atoms with Crippen molar-refractivity contribution in [3.63, 3.8) is 0 Å². The van der Waals surface area contributed by atoms with Gasteiger partial charge in [0.05, 0.1) is 20.7 Å². The number of hydrogen-bond donors (Lipinski definition) is 0. The molecule has 0 unspecified atom stereocenters. The zero-order valence-corrected chi connectivity index (χ0v) is 19.8. The Morgan fingerprint density at radius 2 is 1.78 bits per heavy atom. The van der Waals surface area contributed by atoms with Crippen LogP contribution in [0.3, 0.4) is 0 Å². The molecule has 2 aromatic carbocycles. The smallest absolute Gasteiger partial charge is 0.308 e. The van der Waals surface area contributed by atoms with Crippen LogP contribution in [0.1, 0.15) is 15.9 Å². The molecule has 0 N–H and O–H groups in total. The molecule has 0 saturated heterocycles. The van der Waals surface area contributed by atoms with E-state index in [2.05, 4.69) is 4.98 Å². The Bertz CT molecular complexity index is 1230. The van der Waals surface area contributed by atoms with E-state index >= 15 is 0 Å². The number of alkyl halides is 3. The molecule has 0 bridgehead atoms. The summed E-state index contributed by atoms with van der Waals surface area (Å²) in [6.07, 6.45) is -3.47. The van der Waals surface area contributed by atoms with Gasteiger partial charge in [0.1, 0.15) is 0 Å². The van der Waals surface area contributed by atoms with Gasteiger partial charge >= 0.3 is 6.18 Å². The molecule has 0 radical (unpaired) electrons. The quantitative estimate of drug-likeness (QED) is 0.496. The number of sulfone groups is 1. The molecule has 12 heteroatoms. The molecule has 6 nitrogen and oxygen atoms in total. The topological polar surface area (TPSA) is 70.6 Å². The van der Waals surface area contributed by atoms with Crippen LogP contribution in [-0.2, 0) is 16.0 Å². The lowest BCUT2D eigenvalue weighted by molar-refractivity contribution is -0.137. The highest BCUT2D eigenvalue weighted by Crippen LogP contribution is 2.33. The van der Waals surface area contributed by atoms with Crippen molar-refractivity contribution in [1.29, 1.82) is 0 Å². The Labute approximate surface area is 194 Å². The second kappa shape index (κ2) is 9.74. The van der Waals surface area contributed by atoms with Crippen LogP contribution in [0.5, 0.6) is 0 Å². The number of rotatable bonds is 6. The number of carbonyl (C=O) groups excluding carboxylic acids is 1. The molecule has 3 aromatic rings. The van der Waals surface area contributed by atoms with Crippen LogP contribution in [0.25, 0.3) is 10.2 Å². The molecule has 1 aromatic heterocycles. The van der Waals surface area contributed by atoms with Gasteiger partial charge in [-0.3, -0.25) is 9.69 Å². The minimum atomic E-state index is -4.57. The predicted molar refractivity (Wildman–Crippen MR) is 122 cm³/mol. The average molecular weight is 508 g/mol. The maximum Gasteiger partial charge on any atom is 0.416 e. The number of fused-ring (bicyclic) bond motifs is 1. The van der Waals surface area contributed by atoms with Crippen LogP contribution in [0, 0.1) is 0 Å². The molecule has 1 heterocycles. The number of carbonyl (C=O) groups is 1. The highest BCUT2D eigenvalue weighted by molar-refractivity contribution is 7.90. The minimum Gasteiger partial charge on any atom is -0.308 e. The van der Waals surface area contributed by atoms with Crippen LogP contribution >= 0.6 is 23.7 Å². The predicted octanol–water partition coefficient (Wildman–Crippen LogP) is 4.35. The summed E-state index contributed by atoms with van der Waals surface area (Å²) in [6, 6.07) is 8.70. The van der Waals surface area contributed by atoms with Gasteiger partial charge in [0.15, 0.2) is 15.0 Å². The lowest BCUT2D eigenvalue weighted by atomic mass is 10.1. The molecular formula is C20H21ClF3N3O3S2. The van der Waals surface area contributed by atoms with Crippen LogP contribution in [0.2, 0.25) is 0 Å². The van der Waals surface area contributed by atoms with E-state index in [1.807, 2.05) is 19.0 Å². The van der Waals surface area contributed by atoms with Crippen molar-refractivity contribution < 1.29 is 26.4 Å². The molecule has 3 rings (SSSR count). The highest BCUT2D eigenvalue weighted by atomic mass is 35.5. The van der Waals surface area contributed by atoms with E-state index in [4.69, 9.17) is 0 Å². The minimum absolute atomic E-state index is 0. The summed E-state index contributed by atoms with van der Waals surface area (Å²) < 4.78 is 63.5. The highest BCUT2D eigenvalue weighted by Gasteiger charge is 2.32. The molecule has 0 atom stereocenters. The summed E-state index contributed by atoms with van der Waals surface area (Å²) in [4.78, 5) is 20.8. The van der Waals surface area contributed by atoms with Crippen LogP contribution in [0.4, 0.5) is 18.3 Å². The Balaban J connectivity index is 0.00000363. The lowest BCUT2D eigenvalue weighted by Gasteiger charge is -2.22. The Morgan fingerprint density at radius 3 is 2.38 bits per heavy atom. The number of thiazole rings is 1. The zero-order chi connectivity index (χ0) is 23.0. The van der Waals surface area contributed by atoms with Gasteiger partial charge in [-0.05, 0) is 50.5 Å². The molecule has 0 fully saturated rings. The summed E-state index contributed by atoms with van der Waals surface area (Å²) >= 11 is 1.11. The molecule has 1 amide bonds. The van der Waals surface area contributed by atoms with E-state index in [0.29, 0.717) is 16.8 Å². The standard InChI is InChI=1S/C20H20F3N3O3S2.ClH/c1-25(2)9-10-26(18(27)13-5-4-6-14(11-13)20(21,22)23)19-24-16-8-7-15(31(3,28)29)12-17(16)30-19;/h4-8,11-12H,9-10H2,1-3H3;1H. The Kier molecular flexibility index (Phi) is 7.92. The van der Waals surface area contributed by atoms with Crippen molar-refractivity contribution in [2.75, 3.05) is 38.3 Å². The summed E-state index contributed by atoms with van der Waals surface area (Å²) in [7, 11) is 0.199. The Morgan fingerprint density at radius 1 is 1.09 bits per heavy atom. The van der Waals surface area contributed by atoms with E-state index in [9.17, 15) is 26.4 Å². The fraction of sp³-hybridized carbons (Fsp3) is 0.300. The average Bonchev–Trinajstić information content (AvgIpc) is 3.09. The normalized spacial score (nSPS) is 12.1. The number of nitrogens with zero attached hydrogens (tertiary/aromatic N) is 3. The van der Waals surface area contributed by atoms with Gasteiger partial charge in [-0.2, -0.15) is 13.2 Å². The fourth-order valence-electron chi connectivity index (χ4n) is 2.81. The number of amides is 1. The van der Waals surface area contributed by atoms with Crippen LogP contribution < -0.4 is 4.90 Å². The number of hydrogen-bond acceptors (Lipinski definition) is 6. The van der Waals surface area contributed by atoms with Gasteiger partial charge in [-0.25, -0.2) is 13.4 Å². The van der Waals surface area contributed by atoms with Gasteiger partial charge < -0.3 is 4.90 Å². The Hall–Kier alpha value is -2.21. The molecule has 0 aliphatic rings. The van der Waals surface area contributed by atoms with Gasteiger partial charge in [-0.1, -0.05) is 17.4 Å². The molecule has 0 aliphatic heterocycles. The van der Waals surface area contributed by atoms with Crippen molar-refractivity contribution >= 4 is 54.8 Å². The van der Waals surface area contributed by atoms with E-state index in [1.54, 1.807) is 6.07 Å². The molecular weight excluding hydrogens is 487 g/mol. The first-order valence-corrected chi connectivity index (χ1v) is 11.8. The van der Waals surface area contributed by atoms with Gasteiger partial charge in [0.2, 0.25) is 0 Å². The zero-order valence-electron chi connectivity index (χ0n) is 17.4. The van der Waals surface area contributed by atoms with E-state index < -0.39 is 27.5 Å². The number of halogens is 4. The molecule has 0 aliphatic carbocycles. The van der Waals surface area contributed by atoms with Gasteiger partial charge in [0, 0.05) is 24.9 Å². The first kappa shape index (κ1) is 26.0. The maximum atomic E-state index is 13.2. The first-order chi connectivity index (χ1) is 14.4. The molecule has 0 spiro atoms. The lowest BCUT2D eigenvalue weighted by Crippen LogP contribution is -2.36. The van der Waals surface area contributed by atoms with Crippen molar-refractivity contribution in [1.82, 2.24) is 9.88 Å². The molecule has 32 heavy (non-hydrogen) atoms. The third-order valence-corrected chi connectivity index (χ3v) is 6.61. The largest absolute Gasteiger partial charge is 0.416 e. The van der Waals surface area contributed by atoms with Crippen molar-refractivity contribution in [2.45, 2.75) is 11.1 Å². The third kappa shape index (κ3) is 5.97. The summed E-state index contributed by atoms with van der Waals surface area (Å²) in [5.41, 5.74) is -0.517. The maximum absolute atomic E-state index is 13.2. The van der Waals surface area contributed by atoms with Crippen molar-refractivity contribution in [3.8, 4) is 0 Å². The third-order valence-electron chi connectivity index (χ3n) is 4.46. The van der Waals surface area contributed by atoms with Gasteiger partial charge in [0.25, 0.3) is 5.91 Å². The van der Waals surface area contributed by atoms with Crippen molar-refractivity contribution in [3.05, 3.63) is 53.6 Å². The molecule has 174 valence electrons. The second-order valence-corrected chi connectivity index (χ2v) is 10.3. The van der Waals surface area contributed by atoms with Gasteiger partial charge in [-0.15, -0.1) is 12.4 Å². The van der Waals surface area contributed by atoms with Crippen LogP contribution in [-0.4, -0.2) is 57.6 Å². The van der Waals surface area contributed by atoms with E-state index in [0.717, 1.165) is 29.7 Å². The number of benzene rings is 2. The molecule has 0 saturated carbocycles. The second-order valence-electron chi connectivity index (χ2n) is 7.24. The number of anilines is 1. The van der Waals surface area contributed by atoms with E-state index in [-0.39, 0.29) is 34.5 Å². The summed E-state index contributed by atoms with van der Waals surface area (Å²) in [5.74, 6) is -0.615. The first-order valence-electron chi connectivity index (χ1n) is 9.11. The number of likely N-dealkylation sites (N-methyl/N-ethyl adjacent to an activating group) is 1. The fourth-order valence-corrected chi connectivity index (χ4v) is 4.56. The van der Waals surface area contributed by atoms with Crippen molar-refractivity contribution in [2.24, 2.45) is 0 Å². The monoisotopic (exact) mass is 507 g/mol. The van der Waals surface area contributed by atoms with Crippen LogP contribution in [0.15, 0.2) is 47.4 Å². The number of aromatic nitrogens is 1. The summed E-state index contributed by atoms with van der Waals surface area (Å²) in [6.45, 7) is 0.649. The SMILES string of the molecule is CN(C)CCN(C(=O)c1cccc(C(F)(F)F)c1)c1nc2ccc(S(C)(=O)=O)cc2s1.Cl. The van der Waals surface area contributed by atoms with E-state index in [1.165, 1.54) is 29.2 Å². The summed E-state index contributed by atoms with van der Waals surface area (Å²) in [5, 5.41) is 0.282.